The molecule has 0 aliphatic heterocycles. The first-order chi connectivity index (χ1) is 7.75. The van der Waals surface area contributed by atoms with E-state index in [0.29, 0.717) is 4.90 Å². The van der Waals surface area contributed by atoms with Gasteiger partial charge in [0.2, 0.25) is 0 Å². The molecule has 3 heteroatoms. The molecular weight excluding hydrogens is 221 g/mol. The van der Waals surface area contributed by atoms with Crippen molar-refractivity contribution < 1.29 is 4.39 Å². The Balaban J connectivity index is 1.75. The van der Waals surface area contributed by atoms with Crippen LogP contribution in [0.15, 0.2) is 29.2 Å². The predicted octanol–water partition coefficient (Wildman–Crippen LogP) is 3.44. The van der Waals surface area contributed by atoms with Crippen molar-refractivity contribution in [2.45, 2.75) is 36.6 Å². The summed E-state index contributed by atoms with van der Waals surface area (Å²) in [5, 5.41) is 0. The second kappa shape index (κ2) is 5.69. The van der Waals surface area contributed by atoms with Gasteiger partial charge in [0.1, 0.15) is 5.82 Å². The van der Waals surface area contributed by atoms with Crippen molar-refractivity contribution in [3.05, 3.63) is 30.1 Å². The van der Waals surface area contributed by atoms with Gasteiger partial charge >= 0.3 is 0 Å². The van der Waals surface area contributed by atoms with E-state index in [0.717, 1.165) is 18.1 Å². The second-order valence-electron chi connectivity index (χ2n) is 4.53. The Labute approximate surface area is 101 Å². The molecule has 1 atom stereocenters. The van der Waals surface area contributed by atoms with Gasteiger partial charge in [-0.15, -0.1) is 11.8 Å². The van der Waals surface area contributed by atoms with Crippen molar-refractivity contribution in [1.82, 2.24) is 0 Å². The van der Waals surface area contributed by atoms with E-state index in [2.05, 4.69) is 0 Å². The summed E-state index contributed by atoms with van der Waals surface area (Å²) in [5.74, 6) is 1.51. The summed E-state index contributed by atoms with van der Waals surface area (Å²) in [7, 11) is 0. The van der Waals surface area contributed by atoms with Crippen LogP contribution in [-0.2, 0) is 0 Å². The number of hydrogen-bond donors (Lipinski definition) is 1. The predicted molar refractivity (Wildman–Crippen MR) is 67.1 cm³/mol. The second-order valence-corrected chi connectivity index (χ2v) is 5.60. The molecule has 1 saturated carbocycles. The Bertz CT molecular complexity index is 338. The first kappa shape index (κ1) is 11.9. The molecule has 1 aliphatic rings. The highest BCUT2D eigenvalue weighted by atomic mass is 32.2. The number of nitrogens with two attached hydrogens (primary N) is 1. The third-order valence-corrected chi connectivity index (χ3v) is 4.39. The third kappa shape index (κ3) is 3.22. The van der Waals surface area contributed by atoms with Gasteiger partial charge in [0.25, 0.3) is 0 Å². The largest absolute Gasteiger partial charge is 0.327 e. The van der Waals surface area contributed by atoms with Crippen molar-refractivity contribution >= 4 is 11.8 Å². The van der Waals surface area contributed by atoms with Crippen molar-refractivity contribution in [2.75, 3.05) is 5.75 Å². The molecule has 0 saturated heterocycles. The molecule has 0 bridgehead atoms. The number of thioether (sulfide) groups is 1. The Kier molecular flexibility index (Phi) is 4.24. The molecule has 2 N–H and O–H groups in total. The standard InChI is InChI=1S/C13H18FNS/c14-12-6-1-2-7-13(12)16-9-11(15)8-10-4-3-5-10/h1-2,6-7,10-11H,3-5,8-9,15H2. The molecule has 1 nitrogen and oxygen atoms in total. The smallest absolute Gasteiger partial charge is 0.136 e. The summed E-state index contributed by atoms with van der Waals surface area (Å²) in [4.78, 5) is 0.714. The van der Waals surface area contributed by atoms with Crippen LogP contribution < -0.4 is 5.73 Å². The molecule has 1 aromatic rings. The maximum atomic E-state index is 13.3. The van der Waals surface area contributed by atoms with Crippen LogP contribution in [-0.4, -0.2) is 11.8 Å². The minimum Gasteiger partial charge on any atom is -0.327 e. The molecule has 1 aromatic carbocycles. The zero-order valence-electron chi connectivity index (χ0n) is 9.36. The Morgan fingerprint density at radius 1 is 1.38 bits per heavy atom. The van der Waals surface area contributed by atoms with Crippen LogP contribution in [0.1, 0.15) is 25.7 Å². The average Bonchev–Trinajstić information content (AvgIpc) is 2.22. The lowest BCUT2D eigenvalue weighted by Crippen LogP contribution is -2.28. The van der Waals surface area contributed by atoms with Gasteiger partial charge in [0, 0.05) is 16.7 Å². The Morgan fingerprint density at radius 2 is 2.12 bits per heavy atom. The van der Waals surface area contributed by atoms with Crippen molar-refractivity contribution in [3.63, 3.8) is 0 Å². The van der Waals surface area contributed by atoms with Gasteiger partial charge in [-0.1, -0.05) is 31.4 Å². The monoisotopic (exact) mass is 239 g/mol. The van der Waals surface area contributed by atoms with Gasteiger partial charge in [0.15, 0.2) is 0 Å². The van der Waals surface area contributed by atoms with Crippen molar-refractivity contribution in [3.8, 4) is 0 Å². The molecule has 0 heterocycles. The normalized spacial score (nSPS) is 18.1. The molecule has 0 spiro atoms. The first-order valence-electron chi connectivity index (χ1n) is 5.88. The van der Waals surface area contributed by atoms with Gasteiger partial charge in [-0.05, 0) is 24.5 Å². The van der Waals surface area contributed by atoms with Gasteiger partial charge in [0.05, 0.1) is 0 Å². The quantitative estimate of drug-likeness (QED) is 0.797. The van der Waals surface area contributed by atoms with Gasteiger partial charge in [-0.25, -0.2) is 4.39 Å². The zero-order chi connectivity index (χ0) is 11.4. The van der Waals surface area contributed by atoms with E-state index in [1.54, 1.807) is 6.07 Å². The summed E-state index contributed by atoms with van der Waals surface area (Å²) < 4.78 is 13.3. The van der Waals surface area contributed by atoms with Gasteiger partial charge in [-0.3, -0.25) is 0 Å². The number of benzene rings is 1. The van der Waals surface area contributed by atoms with E-state index in [9.17, 15) is 4.39 Å². The minimum atomic E-state index is -0.136. The lowest BCUT2D eigenvalue weighted by atomic mass is 9.81. The first-order valence-corrected chi connectivity index (χ1v) is 6.87. The van der Waals surface area contributed by atoms with E-state index < -0.39 is 0 Å². The third-order valence-electron chi connectivity index (χ3n) is 3.15. The lowest BCUT2D eigenvalue weighted by Gasteiger charge is -2.27. The zero-order valence-corrected chi connectivity index (χ0v) is 10.2. The molecule has 2 rings (SSSR count). The summed E-state index contributed by atoms with van der Waals surface area (Å²) in [6.45, 7) is 0. The van der Waals surface area contributed by atoms with E-state index in [1.807, 2.05) is 12.1 Å². The number of rotatable bonds is 5. The van der Waals surface area contributed by atoms with Crippen LogP contribution >= 0.6 is 11.8 Å². The van der Waals surface area contributed by atoms with Crippen LogP contribution in [0.5, 0.6) is 0 Å². The van der Waals surface area contributed by atoms with E-state index in [-0.39, 0.29) is 11.9 Å². The molecule has 88 valence electrons. The maximum absolute atomic E-state index is 13.3. The fourth-order valence-corrected chi connectivity index (χ4v) is 2.89. The topological polar surface area (TPSA) is 26.0 Å². The molecule has 1 fully saturated rings. The molecule has 16 heavy (non-hydrogen) atoms. The summed E-state index contributed by atoms with van der Waals surface area (Å²) in [6.07, 6.45) is 5.12. The summed E-state index contributed by atoms with van der Waals surface area (Å²) in [5.41, 5.74) is 6.04. The van der Waals surface area contributed by atoms with Crippen LogP contribution in [0.25, 0.3) is 0 Å². The van der Waals surface area contributed by atoms with Crippen LogP contribution in [0.3, 0.4) is 0 Å². The fourth-order valence-electron chi connectivity index (χ4n) is 1.98. The SMILES string of the molecule is NC(CSc1ccccc1F)CC1CCC1. The highest BCUT2D eigenvalue weighted by molar-refractivity contribution is 7.99. The van der Waals surface area contributed by atoms with Crippen molar-refractivity contribution in [1.29, 1.82) is 0 Å². The highest BCUT2D eigenvalue weighted by Gasteiger charge is 2.20. The Morgan fingerprint density at radius 3 is 2.75 bits per heavy atom. The minimum absolute atomic E-state index is 0.136. The van der Waals surface area contributed by atoms with Crippen LogP contribution in [0, 0.1) is 11.7 Å². The maximum Gasteiger partial charge on any atom is 0.136 e. The molecule has 0 amide bonds. The molecule has 1 aliphatic carbocycles. The molecular formula is C13H18FNS. The van der Waals surface area contributed by atoms with E-state index >= 15 is 0 Å². The summed E-state index contributed by atoms with van der Waals surface area (Å²) in [6, 6.07) is 7.10. The highest BCUT2D eigenvalue weighted by Crippen LogP contribution is 2.31. The fraction of sp³-hybridized carbons (Fsp3) is 0.538. The molecule has 1 unspecified atom stereocenters. The molecule has 0 aromatic heterocycles. The average molecular weight is 239 g/mol. The van der Waals surface area contributed by atoms with Gasteiger partial charge < -0.3 is 5.73 Å². The van der Waals surface area contributed by atoms with Gasteiger partial charge in [-0.2, -0.15) is 0 Å². The lowest BCUT2D eigenvalue weighted by molar-refractivity contribution is 0.282. The Hall–Kier alpha value is -0.540. The number of hydrogen-bond acceptors (Lipinski definition) is 2. The van der Waals surface area contributed by atoms with Crippen LogP contribution in [0.4, 0.5) is 4.39 Å². The number of halogens is 1. The molecule has 0 radical (unpaired) electrons. The van der Waals surface area contributed by atoms with E-state index in [4.69, 9.17) is 5.73 Å². The summed E-state index contributed by atoms with van der Waals surface area (Å²) >= 11 is 1.53. The van der Waals surface area contributed by atoms with Crippen LogP contribution in [0.2, 0.25) is 0 Å². The van der Waals surface area contributed by atoms with Crippen molar-refractivity contribution in [2.24, 2.45) is 11.7 Å². The van der Waals surface area contributed by atoms with E-state index in [1.165, 1.54) is 37.1 Å².